The van der Waals surface area contributed by atoms with E-state index in [4.69, 9.17) is 4.74 Å². The van der Waals surface area contributed by atoms with Crippen molar-refractivity contribution in [3.63, 3.8) is 0 Å². The van der Waals surface area contributed by atoms with Crippen LogP contribution in [-0.2, 0) is 16.1 Å². The van der Waals surface area contributed by atoms with E-state index in [0.29, 0.717) is 17.2 Å². The minimum absolute atomic E-state index is 0.186. The van der Waals surface area contributed by atoms with Crippen LogP contribution >= 0.6 is 11.3 Å². The number of hydrogen-bond donors (Lipinski definition) is 1. The summed E-state index contributed by atoms with van der Waals surface area (Å²) in [7, 11) is 1.28. The summed E-state index contributed by atoms with van der Waals surface area (Å²) in [6.45, 7) is 3.59. The van der Waals surface area contributed by atoms with Gasteiger partial charge >= 0.3 is 5.97 Å². The molecule has 0 aliphatic rings. The second-order valence-electron chi connectivity index (χ2n) is 4.71. The highest BCUT2D eigenvalue weighted by atomic mass is 32.1. The Balaban J connectivity index is 2.10. The first-order chi connectivity index (χ1) is 11.5. The second-order valence-corrected chi connectivity index (χ2v) is 5.71. The molecule has 0 fully saturated rings. The van der Waals surface area contributed by atoms with Crippen molar-refractivity contribution < 1.29 is 19.1 Å². The minimum Gasteiger partial charge on any atom is -0.488 e. The number of thiazole rings is 1. The van der Waals surface area contributed by atoms with Gasteiger partial charge in [0.1, 0.15) is 11.4 Å². The zero-order chi connectivity index (χ0) is 17.7. The summed E-state index contributed by atoms with van der Waals surface area (Å²) in [5.74, 6) is -0.757. The van der Waals surface area contributed by atoms with Crippen LogP contribution in [0.4, 0.5) is 5.13 Å². The van der Waals surface area contributed by atoms with Crippen LogP contribution in [0.2, 0.25) is 0 Å². The summed E-state index contributed by atoms with van der Waals surface area (Å²) >= 11 is 1.02. The fourth-order valence-corrected chi connectivity index (χ4v) is 2.85. The molecule has 2 aromatic heterocycles. The molecule has 2 heterocycles. The predicted octanol–water partition coefficient (Wildman–Crippen LogP) is 1.44. The van der Waals surface area contributed by atoms with Gasteiger partial charge in [-0.15, -0.1) is 0 Å². The lowest BCUT2D eigenvalue weighted by Crippen LogP contribution is -2.27. The molecule has 1 N–H and O–H groups in total. The summed E-state index contributed by atoms with van der Waals surface area (Å²) in [5.41, 5.74) is 0.0812. The van der Waals surface area contributed by atoms with Gasteiger partial charge in [-0.05, 0) is 26.0 Å². The summed E-state index contributed by atoms with van der Waals surface area (Å²) in [4.78, 5) is 40.2. The van der Waals surface area contributed by atoms with E-state index in [1.807, 2.05) is 0 Å². The molecule has 0 bridgehead atoms. The van der Waals surface area contributed by atoms with Crippen molar-refractivity contribution in [2.24, 2.45) is 0 Å². The van der Waals surface area contributed by atoms with Crippen molar-refractivity contribution in [3.05, 3.63) is 39.3 Å². The Kier molecular flexibility index (Phi) is 5.69. The number of carbonyl (C=O) groups is 2. The average Bonchev–Trinajstić information content (AvgIpc) is 2.91. The fraction of sp³-hybridized carbons (Fsp3) is 0.333. The fourth-order valence-electron chi connectivity index (χ4n) is 1.95. The van der Waals surface area contributed by atoms with Crippen LogP contribution in [0.3, 0.4) is 0 Å². The van der Waals surface area contributed by atoms with E-state index in [2.05, 4.69) is 15.0 Å². The van der Waals surface area contributed by atoms with Gasteiger partial charge in [-0.25, -0.2) is 9.78 Å². The third-order valence-corrected chi connectivity index (χ3v) is 4.07. The van der Waals surface area contributed by atoms with Gasteiger partial charge in [-0.2, -0.15) is 0 Å². The van der Waals surface area contributed by atoms with Gasteiger partial charge in [-0.1, -0.05) is 11.3 Å². The molecule has 1 amide bonds. The highest BCUT2D eigenvalue weighted by molar-refractivity contribution is 7.17. The second kappa shape index (κ2) is 7.73. The Morgan fingerprint density at radius 3 is 2.83 bits per heavy atom. The number of aryl methyl sites for hydroxylation is 1. The summed E-state index contributed by atoms with van der Waals surface area (Å²) in [6.07, 6.45) is 1.50. The van der Waals surface area contributed by atoms with E-state index >= 15 is 0 Å². The quantitative estimate of drug-likeness (QED) is 0.791. The van der Waals surface area contributed by atoms with Crippen LogP contribution in [0, 0.1) is 6.92 Å². The standard InChI is InChI=1S/C15H17N3O5S/c1-4-23-10-6-5-7-18(13(10)20)8-11(19)17-15-16-9(2)12(24-15)14(21)22-3/h5-7H,4,8H2,1-3H3,(H,16,17,19). The molecule has 0 aliphatic carbocycles. The summed E-state index contributed by atoms with van der Waals surface area (Å²) < 4.78 is 11.1. The Morgan fingerprint density at radius 1 is 1.42 bits per heavy atom. The number of rotatable bonds is 6. The maximum Gasteiger partial charge on any atom is 0.350 e. The number of pyridine rings is 1. The number of carbonyl (C=O) groups excluding carboxylic acids is 2. The first-order valence-electron chi connectivity index (χ1n) is 7.14. The number of aromatic nitrogens is 2. The van der Waals surface area contributed by atoms with Crippen LogP contribution in [0.1, 0.15) is 22.3 Å². The van der Waals surface area contributed by atoms with E-state index in [1.165, 1.54) is 17.9 Å². The lowest BCUT2D eigenvalue weighted by molar-refractivity contribution is -0.116. The molecule has 0 aromatic carbocycles. The molecule has 2 rings (SSSR count). The van der Waals surface area contributed by atoms with E-state index in [1.54, 1.807) is 26.0 Å². The summed E-state index contributed by atoms with van der Waals surface area (Å²) in [5, 5.41) is 2.84. The van der Waals surface area contributed by atoms with Crippen LogP contribution in [0.5, 0.6) is 5.75 Å². The zero-order valence-electron chi connectivity index (χ0n) is 13.5. The Labute approximate surface area is 142 Å². The predicted molar refractivity (Wildman–Crippen MR) is 88.7 cm³/mol. The van der Waals surface area contributed by atoms with Crippen molar-refractivity contribution in [3.8, 4) is 5.75 Å². The lowest BCUT2D eigenvalue weighted by atomic mass is 10.4. The number of nitrogens with zero attached hydrogens (tertiary/aromatic N) is 2. The van der Waals surface area contributed by atoms with Gasteiger partial charge < -0.3 is 19.4 Å². The van der Waals surface area contributed by atoms with Crippen molar-refractivity contribution in [2.75, 3.05) is 19.0 Å². The number of nitrogens with one attached hydrogen (secondary N) is 1. The summed E-state index contributed by atoms with van der Waals surface area (Å²) in [6, 6.07) is 3.18. The lowest BCUT2D eigenvalue weighted by Gasteiger charge is -2.08. The maximum atomic E-state index is 12.1. The number of ether oxygens (including phenoxy) is 2. The number of amides is 1. The van der Waals surface area contributed by atoms with Gasteiger partial charge in [0.05, 0.1) is 19.4 Å². The highest BCUT2D eigenvalue weighted by Crippen LogP contribution is 2.23. The molecule has 0 saturated heterocycles. The van der Waals surface area contributed by atoms with Gasteiger partial charge in [-0.3, -0.25) is 9.59 Å². The van der Waals surface area contributed by atoms with Crippen molar-refractivity contribution in [2.45, 2.75) is 20.4 Å². The number of hydrogen-bond acceptors (Lipinski definition) is 7. The van der Waals surface area contributed by atoms with Crippen LogP contribution in [0.15, 0.2) is 23.1 Å². The zero-order valence-corrected chi connectivity index (χ0v) is 14.3. The number of anilines is 1. The molecule has 24 heavy (non-hydrogen) atoms. The normalized spacial score (nSPS) is 10.3. The molecule has 2 aromatic rings. The third-order valence-electron chi connectivity index (χ3n) is 3.01. The SMILES string of the molecule is CCOc1cccn(CC(=O)Nc2nc(C)c(C(=O)OC)s2)c1=O. The topological polar surface area (TPSA) is 99.5 Å². The third kappa shape index (κ3) is 3.99. The molecule has 0 radical (unpaired) electrons. The minimum atomic E-state index is -0.508. The molecule has 0 spiro atoms. The van der Waals surface area contributed by atoms with E-state index in [0.717, 1.165) is 11.3 Å². The highest BCUT2D eigenvalue weighted by Gasteiger charge is 2.17. The number of esters is 1. The molecule has 0 atom stereocenters. The van der Waals surface area contributed by atoms with Crippen LogP contribution < -0.4 is 15.6 Å². The molecule has 0 aliphatic heterocycles. The largest absolute Gasteiger partial charge is 0.488 e. The van der Waals surface area contributed by atoms with E-state index in [9.17, 15) is 14.4 Å². The monoisotopic (exact) mass is 351 g/mol. The van der Waals surface area contributed by atoms with Gasteiger partial charge in [0.25, 0.3) is 5.56 Å². The maximum absolute atomic E-state index is 12.1. The van der Waals surface area contributed by atoms with E-state index in [-0.39, 0.29) is 23.0 Å². The molecular weight excluding hydrogens is 334 g/mol. The molecule has 0 unspecified atom stereocenters. The van der Waals surface area contributed by atoms with Crippen molar-refractivity contribution in [1.29, 1.82) is 0 Å². The van der Waals surface area contributed by atoms with Gasteiger partial charge in [0.15, 0.2) is 10.9 Å². The van der Waals surface area contributed by atoms with Crippen molar-refractivity contribution >= 4 is 28.3 Å². The molecule has 128 valence electrons. The van der Waals surface area contributed by atoms with Gasteiger partial charge in [0, 0.05) is 6.20 Å². The smallest absolute Gasteiger partial charge is 0.350 e. The Morgan fingerprint density at radius 2 is 2.17 bits per heavy atom. The molecule has 0 saturated carbocycles. The average molecular weight is 351 g/mol. The van der Waals surface area contributed by atoms with E-state index < -0.39 is 11.9 Å². The van der Waals surface area contributed by atoms with Crippen LogP contribution in [0.25, 0.3) is 0 Å². The Hall–Kier alpha value is -2.68. The Bertz CT molecular complexity index is 812. The first kappa shape index (κ1) is 17.7. The van der Waals surface area contributed by atoms with Gasteiger partial charge in [0.2, 0.25) is 5.91 Å². The number of methoxy groups -OCH3 is 1. The van der Waals surface area contributed by atoms with Crippen LogP contribution in [-0.4, -0.2) is 35.1 Å². The molecule has 9 heteroatoms. The van der Waals surface area contributed by atoms with Crippen molar-refractivity contribution in [1.82, 2.24) is 9.55 Å². The molecule has 8 nitrogen and oxygen atoms in total. The first-order valence-corrected chi connectivity index (χ1v) is 7.95. The molecular formula is C15H17N3O5S.